The highest BCUT2D eigenvalue weighted by molar-refractivity contribution is 14.1. The van der Waals surface area contributed by atoms with E-state index in [4.69, 9.17) is 4.74 Å². The predicted molar refractivity (Wildman–Crippen MR) is 75.0 cm³/mol. The summed E-state index contributed by atoms with van der Waals surface area (Å²) in [4.78, 5) is 0. The zero-order chi connectivity index (χ0) is 11.9. The maximum Gasteiger partial charge on any atom is 0.206 e. The maximum atomic E-state index is 9.50. The van der Waals surface area contributed by atoms with Gasteiger partial charge in [-0.15, -0.1) is 0 Å². The zero-order valence-electron chi connectivity index (χ0n) is 10.8. The van der Waals surface area contributed by atoms with E-state index in [1.54, 1.807) is 0 Å². The summed E-state index contributed by atoms with van der Waals surface area (Å²) < 4.78 is 8.60. The molecule has 1 spiro atoms. The van der Waals surface area contributed by atoms with Crippen LogP contribution in [0.25, 0.3) is 0 Å². The van der Waals surface area contributed by atoms with Crippen LogP contribution in [0, 0.1) is 5.92 Å². The number of nitrogens with zero attached hydrogens (tertiary/aromatic N) is 1. The Morgan fingerprint density at radius 3 is 2.94 bits per heavy atom. The summed E-state index contributed by atoms with van der Waals surface area (Å²) in [6.45, 7) is 3.25. The van der Waals surface area contributed by atoms with Gasteiger partial charge in [-0.3, -0.25) is 4.48 Å². The SMILES string of the molecule is OCC[N+]12CCOC13CCCCC3CC2CI.[I-]. The van der Waals surface area contributed by atoms with Crippen molar-refractivity contribution in [2.75, 3.05) is 30.7 Å². The molecule has 0 radical (unpaired) electrons. The fourth-order valence-corrected chi connectivity index (χ4v) is 5.97. The Bertz CT molecular complexity index is 305. The largest absolute Gasteiger partial charge is 1.00 e. The Morgan fingerprint density at radius 2 is 2.22 bits per heavy atom. The summed E-state index contributed by atoms with van der Waals surface area (Å²) in [6.07, 6.45) is 6.59. The predicted octanol–water partition coefficient (Wildman–Crippen LogP) is -1.08. The molecule has 3 fully saturated rings. The highest BCUT2D eigenvalue weighted by atomic mass is 127. The minimum atomic E-state index is 0. The van der Waals surface area contributed by atoms with E-state index in [9.17, 15) is 5.11 Å². The van der Waals surface area contributed by atoms with Gasteiger partial charge in [-0.05, 0) is 12.8 Å². The number of ether oxygens (including phenoxy) is 1. The van der Waals surface area contributed by atoms with Gasteiger partial charge >= 0.3 is 0 Å². The molecule has 2 aliphatic heterocycles. The van der Waals surface area contributed by atoms with Gasteiger partial charge in [0.05, 0.1) is 11.0 Å². The third-order valence-electron chi connectivity index (χ3n) is 5.50. The lowest BCUT2D eigenvalue weighted by atomic mass is 9.81. The monoisotopic (exact) mass is 479 g/mol. The van der Waals surface area contributed by atoms with Crippen LogP contribution < -0.4 is 24.0 Å². The molecule has 4 atom stereocenters. The van der Waals surface area contributed by atoms with Gasteiger partial charge < -0.3 is 33.8 Å². The lowest BCUT2D eigenvalue weighted by Gasteiger charge is -2.48. The van der Waals surface area contributed by atoms with Crippen molar-refractivity contribution in [3.63, 3.8) is 0 Å². The first-order valence-corrected chi connectivity index (χ1v) is 8.49. The van der Waals surface area contributed by atoms with E-state index in [-0.39, 0.29) is 29.7 Å². The van der Waals surface area contributed by atoms with E-state index in [1.807, 2.05) is 0 Å². The van der Waals surface area contributed by atoms with Crippen molar-refractivity contribution in [3.8, 4) is 0 Å². The van der Waals surface area contributed by atoms with Crippen molar-refractivity contribution in [1.29, 1.82) is 0 Å². The van der Waals surface area contributed by atoms with Crippen molar-refractivity contribution >= 4 is 22.6 Å². The minimum absolute atomic E-state index is 0. The van der Waals surface area contributed by atoms with Gasteiger partial charge in [-0.25, -0.2) is 0 Å². The van der Waals surface area contributed by atoms with Gasteiger partial charge in [0, 0.05) is 18.8 Å². The molecule has 2 saturated heterocycles. The molecule has 0 amide bonds. The highest BCUT2D eigenvalue weighted by Gasteiger charge is 2.68. The molecule has 3 rings (SSSR count). The zero-order valence-corrected chi connectivity index (χ0v) is 15.1. The summed E-state index contributed by atoms with van der Waals surface area (Å²) in [5.74, 6) is 0.755. The lowest BCUT2D eigenvalue weighted by Crippen LogP contribution is -3.00. The summed E-state index contributed by atoms with van der Waals surface area (Å²) in [6, 6.07) is 0.716. The smallest absolute Gasteiger partial charge is 0.206 e. The summed E-state index contributed by atoms with van der Waals surface area (Å²) in [7, 11) is 0. The summed E-state index contributed by atoms with van der Waals surface area (Å²) in [5, 5.41) is 9.50. The molecular formula is C13H23I2NO2. The van der Waals surface area contributed by atoms with Crippen LogP contribution in [-0.4, -0.2) is 52.1 Å². The van der Waals surface area contributed by atoms with Crippen LogP contribution in [-0.2, 0) is 4.74 Å². The van der Waals surface area contributed by atoms with Gasteiger partial charge in [0.1, 0.15) is 25.7 Å². The standard InChI is InChI=1S/C13H23INO2.HI/c14-10-12-9-11-3-1-2-4-13(11)15(12,5-7-16)6-8-17-13;/h11-12,16H,1-10H2;1H/q+1;/p-1. The Balaban J connectivity index is 0.00000120. The van der Waals surface area contributed by atoms with E-state index in [1.165, 1.54) is 36.5 Å². The van der Waals surface area contributed by atoms with Crippen molar-refractivity contribution in [3.05, 3.63) is 0 Å². The molecule has 5 heteroatoms. The second kappa shape index (κ2) is 5.99. The molecular weight excluding hydrogens is 456 g/mol. The number of aliphatic hydroxyl groups excluding tert-OH is 1. The fourth-order valence-electron chi connectivity index (χ4n) is 4.86. The molecule has 4 unspecified atom stereocenters. The molecule has 3 nitrogen and oxygen atoms in total. The average Bonchev–Trinajstić information content (AvgIpc) is 2.80. The lowest BCUT2D eigenvalue weighted by molar-refractivity contribution is -0.986. The number of alkyl halides is 1. The first kappa shape index (κ1) is 15.7. The number of aliphatic hydroxyl groups is 1. The second-order valence-electron chi connectivity index (χ2n) is 5.88. The van der Waals surface area contributed by atoms with E-state index in [2.05, 4.69) is 22.6 Å². The van der Waals surface area contributed by atoms with Crippen LogP contribution in [0.4, 0.5) is 0 Å². The molecule has 1 N–H and O–H groups in total. The number of quaternary nitrogens is 1. The molecule has 0 aromatic carbocycles. The first-order valence-electron chi connectivity index (χ1n) is 6.97. The van der Waals surface area contributed by atoms with E-state index >= 15 is 0 Å². The second-order valence-corrected chi connectivity index (χ2v) is 6.77. The number of hydrogen-bond donors (Lipinski definition) is 1. The molecule has 106 valence electrons. The Morgan fingerprint density at radius 1 is 1.39 bits per heavy atom. The van der Waals surface area contributed by atoms with Gasteiger partial charge in [0.15, 0.2) is 0 Å². The average molecular weight is 479 g/mol. The van der Waals surface area contributed by atoms with Crippen LogP contribution in [0.2, 0.25) is 0 Å². The minimum Gasteiger partial charge on any atom is -1.00 e. The van der Waals surface area contributed by atoms with E-state index < -0.39 is 0 Å². The van der Waals surface area contributed by atoms with E-state index in [0.717, 1.165) is 30.1 Å². The Kier molecular flexibility index (Phi) is 5.23. The van der Waals surface area contributed by atoms with Gasteiger partial charge in [0.2, 0.25) is 5.72 Å². The molecule has 2 heterocycles. The van der Waals surface area contributed by atoms with Crippen LogP contribution in [0.3, 0.4) is 0 Å². The van der Waals surface area contributed by atoms with Crippen LogP contribution >= 0.6 is 22.6 Å². The van der Waals surface area contributed by atoms with Crippen molar-refractivity contribution in [1.82, 2.24) is 0 Å². The summed E-state index contributed by atoms with van der Waals surface area (Å²) in [5.41, 5.74) is 0.0941. The van der Waals surface area contributed by atoms with Gasteiger partial charge in [0.25, 0.3) is 0 Å². The highest BCUT2D eigenvalue weighted by Crippen LogP contribution is 2.56. The molecule has 0 bridgehead atoms. The number of halogens is 2. The summed E-state index contributed by atoms with van der Waals surface area (Å²) >= 11 is 2.53. The quantitative estimate of drug-likeness (QED) is 0.318. The molecule has 0 aromatic heterocycles. The third kappa shape index (κ3) is 1.98. The Hall–Kier alpha value is 1.34. The first-order chi connectivity index (χ1) is 8.29. The molecule has 3 aliphatic rings. The normalized spacial score (nSPS) is 46.3. The molecule has 1 saturated carbocycles. The number of rotatable bonds is 3. The van der Waals surface area contributed by atoms with E-state index in [0.29, 0.717) is 12.6 Å². The van der Waals surface area contributed by atoms with Crippen molar-refractivity contribution < 1.29 is 38.3 Å². The Labute approximate surface area is 140 Å². The molecule has 0 aromatic rings. The third-order valence-corrected chi connectivity index (χ3v) is 6.52. The topological polar surface area (TPSA) is 29.5 Å². The number of hydrogen-bond acceptors (Lipinski definition) is 2. The fraction of sp³-hybridized carbons (Fsp3) is 1.00. The molecule has 1 aliphatic carbocycles. The van der Waals surface area contributed by atoms with Crippen LogP contribution in [0.15, 0.2) is 0 Å². The van der Waals surface area contributed by atoms with Crippen molar-refractivity contribution in [2.24, 2.45) is 5.92 Å². The maximum absolute atomic E-state index is 9.50. The van der Waals surface area contributed by atoms with Gasteiger partial charge in [-0.2, -0.15) is 0 Å². The van der Waals surface area contributed by atoms with Crippen LogP contribution in [0.1, 0.15) is 32.1 Å². The molecule has 18 heavy (non-hydrogen) atoms. The van der Waals surface area contributed by atoms with Crippen LogP contribution in [0.5, 0.6) is 0 Å². The van der Waals surface area contributed by atoms with Crippen molar-refractivity contribution in [2.45, 2.75) is 43.9 Å². The van der Waals surface area contributed by atoms with Gasteiger partial charge in [-0.1, -0.05) is 29.0 Å².